The van der Waals surface area contributed by atoms with Gasteiger partial charge in [-0.1, -0.05) is 60.7 Å². The van der Waals surface area contributed by atoms with E-state index in [1.807, 2.05) is 36.4 Å². The first kappa shape index (κ1) is 21.1. The predicted molar refractivity (Wildman–Crippen MR) is 146 cm³/mol. The van der Waals surface area contributed by atoms with Gasteiger partial charge in [-0.05, 0) is 66.2 Å². The molecule has 0 aliphatic rings. The van der Waals surface area contributed by atoms with E-state index in [1.54, 1.807) is 17.4 Å². The summed E-state index contributed by atoms with van der Waals surface area (Å²) in [5, 5.41) is 0.602. The van der Waals surface area contributed by atoms with Crippen LogP contribution in [0.15, 0.2) is 126 Å². The lowest BCUT2D eigenvalue weighted by Crippen LogP contribution is -2.09. The van der Waals surface area contributed by atoms with E-state index in [2.05, 4.69) is 93.7 Å². The monoisotopic (exact) mass is 471 g/mol. The molecule has 0 aliphatic carbocycles. The van der Waals surface area contributed by atoms with Gasteiger partial charge in [0, 0.05) is 21.9 Å². The first-order valence-corrected chi connectivity index (χ1v) is 12.2. The molecular formula is C30H21N3OS. The zero-order valence-corrected chi connectivity index (χ0v) is 19.6. The van der Waals surface area contributed by atoms with Crippen LogP contribution < -0.4 is 10.5 Å². The average molecular weight is 472 g/mol. The van der Waals surface area contributed by atoms with E-state index in [1.165, 1.54) is 0 Å². The highest BCUT2D eigenvalue weighted by Gasteiger charge is 2.13. The van der Waals surface area contributed by atoms with Crippen LogP contribution in [0.3, 0.4) is 0 Å². The van der Waals surface area contributed by atoms with Crippen LogP contribution in [0.1, 0.15) is 0 Å². The van der Waals surface area contributed by atoms with Gasteiger partial charge in [-0.3, -0.25) is 4.79 Å². The van der Waals surface area contributed by atoms with Crippen molar-refractivity contribution in [3.8, 4) is 21.1 Å². The number of H-pyrrole nitrogens is 1. The number of nitrogens with one attached hydrogen (secondary N) is 1. The number of aromatic amines is 1. The van der Waals surface area contributed by atoms with Gasteiger partial charge in [0.15, 0.2) is 5.82 Å². The molecule has 0 saturated heterocycles. The summed E-state index contributed by atoms with van der Waals surface area (Å²) in [6.45, 7) is 0. The molecule has 168 valence electrons. The lowest BCUT2D eigenvalue weighted by Gasteiger charge is -2.25. The summed E-state index contributed by atoms with van der Waals surface area (Å²) in [5.41, 5.74) is 5.00. The molecule has 0 saturated carbocycles. The van der Waals surface area contributed by atoms with Crippen LogP contribution in [0.5, 0.6) is 0 Å². The van der Waals surface area contributed by atoms with Crippen molar-refractivity contribution in [1.82, 2.24) is 9.97 Å². The van der Waals surface area contributed by atoms with Gasteiger partial charge in [-0.15, -0.1) is 11.3 Å². The fraction of sp³-hybridized carbons (Fsp3) is 0. The summed E-state index contributed by atoms with van der Waals surface area (Å²) in [4.78, 5) is 24.4. The van der Waals surface area contributed by atoms with E-state index in [-0.39, 0.29) is 5.56 Å². The van der Waals surface area contributed by atoms with E-state index in [0.29, 0.717) is 16.7 Å². The molecule has 0 bridgehead atoms. The van der Waals surface area contributed by atoms with Crippen molar-refractivity contribution in [2.75, 3.05) is 4.90 Å². The van der Waals surface area contributed by atoms with Crippen molar-refractivity contribution in [1.29, 1.82) is 0 Å². The zero-order valence-electron chi connectivity index (χ0n) is 18.8. The largest absolute Gasteiger partial charge is 0.311 e. The highest BCUT2D eigenvalue weighted by Crippen LogP contribution is 2.37. The topological polar surface area (TPSA) is 49.0 Å². The second-order valence-electron chi connectivity index (χ2n) is 8.15. The van der Waals surface area contributed by atoms with Crippen LogP contribution in [0.4, 0.5) is 17.1 Å². The third kappa shape index (κ3) is 4.14. The van der Waals surface area contributed by atoms with Gasteiger partial charge in [0.1, 0.15) is 0 Å². The minimum atomic E-state index is -0.119. The Labute approximate surface area is 206 Å². The van der Waals surface area contributed by atoms with Gasteiger partial charge in [-0.2, -0.15) is 0 Å². The van der Waals surface area contributed by atoms with E-state index in [9.17, 15) is 4.79 Å². The number of thiophene rings is 1. The molecule has 5 heteroatoms. The maximum absolute atomic E-state index is 12.5. The van der Waals surface area contributed by atoms with Gasteiger partial charge in [0.05, 0.1) is 15.8 Å². The Morgan fingerprint density at radius 3 is 1.86 bits per heavy atom. The molecule has 2 aromatic heterocycles. The van der Waals surface area contributed by atoms with Crippen molar-refractivity contribution < 1.29 is 0 Å². The van der Waals surface area contributed by atoms with Crippen molar-refractivity contribution in [3.05, 3.63) is 132 Å². The number of hydrogen-bond donors (Lipinski definition) is 1. The number of fused-ring (bicyclic) bond motifs is 1. The number of nitrogens with zero attached hydrogens (tertiary/aromatic N) is 2. The Hall–Kier alpha value is -4.48. The Morgan fingerprint density at radius 2 is 1.17 bits per heavy atom. The molecule has 0 radical (unpaired) electrons. The van der Waals surface area contributed by atoms with Gasteiger partial charge in [0.2, 0.25) is 0 Å². The standard InChI is InChI=1S/C30H21N3OS/c34-30-25-13-7-8-14-26(25)31-29(32-30)28-20-19-27(35-28)21-15-17-24(18-16-21)33(22-9-3-1-4-10-22)23-11-5-2-6-12-23/h1-20H,(H,31,32,34). The third-order valence-corrected chi connectivity index (χ3v) is 7.03. The number of para-hydroxylation sites is 3. The molecule has 0 fully saturated rings. The third-order valence-electron chi connectivity index (χ3n) is 5.89. The number of benzene rings is 4. The van der Waals surface area contributed by atoms with Crippen molar-refractivity contribution in [3.63, 3.8) is 0 Å². The Kier molecular flexibility index (Phi) is 5.45. The van der Waals surface area contributed by atoms with E-state index >= 15 is 0 Å². The second kappa shape index (κ2) is 9.05. The van der Waals surface area contributed by atoms with Crippen molar-refractivity contribution in [2.45, 2.75) is 0 Å². The summed E-state index contributed by atoms with van der Waals surface area (Å²) in [6.07, 6.45) is 0. The maximum Gasteiger partial charge on any atom is 0.259 e. The fourth-order valence-corrected chi connectivity index (χ4v) is 5.16. The fourth-order valence-electron chi connectivity index (χ4n) is 4.20. The average Bonchev–Trinajstić information content (AvgIpc) is 3.41. The molecule has 0 spiro atoms. The number of anilines is 3. The minimum absolute atomic E-state index is 0.119. The molecule has 0 amide bonds. The second-order valence-corrected chi connectivity index (χ2v) is 9.23. The summed E-state index contributed by atoms with van der Waals surface area (Å²) >= 11 is 1.62. The molecule has 4 nitrogen and oxygen atoms in total. The molecule has 35 heavy (non-hydrogen) atoms. The Morgan fingerprint density at radius 1 is 0.600 bits per heavy atom. The van der Waals surface area contributed by atoms with Crippen molar-refractivity contribution >= 4 is 39.3 Å². The SMILES string of the molecule is O=c1[nH]c(-c2ccc(-c3ccc(N(c4ccccc4)c4ccccc4)cc3)s2)nc2ccccc12. The van der Waals surface area contributed by atoms with Crippen molar-refractivity contribution in [2.24, 2.45) is 0 Å². The lowest BCUT2D eigenvalue weighted by molar-refractivity contribution is 1.19. The summed E-state index contributed by atoms with van der Waals surface area (Å²) in [6, 6.07) is 40.8. The molecule has 4 aromatic carbocycles. The van der Waals surface area contributed by atoms with Gasteiger partial charge in [-0.25, -0.2) is 4.98 Å². The van der Waals surface area contributed by atoms with Crippen LogP contribution >= 0.6 is 11.3 Å². The van der Waals surface area contributed by atoms with Gasteiger partial charge in [0.25, 0.3) is 5.56 Å². The lowest BCUT2D eigenvalue weighted by atomic mass is 10.1. The van der Waals surface area contributed by atoms with Crippen LogP contribution in [-0.2, 0) is 0 Å². The smallest absolute Gasteiger partial charge is 0.259 e. The number of hydrogen-bond acceptors (Lipinski definition) is 4. The van der Waals surface area contributed by atoms with Crippen LogP contribution in [-0.4, -0.2) is 9.97 Å². The molecule has 6 rings (SSSR count). The summed E-state index contributed by atoms with van der Waals surface area (Å²) in [7, 11) is 0. The van der Waals surface area contributed by atoms with E-state index in [0.717, 1.165) is 32.4 Å². The van der Waals surface area contributed by atoms with Crippen LogP contribution in [0.2, 0.25) is 0 Å². The first-order chi connectivity index (χ1) is 17.3. The predicted octanol–water partition coefficient (Wildman–Crippen LogP) is 7.79. The Balaban J connectivity index is 1.34. The first-order valence-electron chi connectivity index (χ1n) is 11.4. The Bertz CT molecular complexity index is 1620. The highest BCUT2D eigenvalue weighted by molar-refractivity contribution is 7.18. The molecule has 0 atom stereocenters. The quantitative estimate of drug-likeness (QED) is 0.279. The van der Waals surface area contributed by atoms with Gasteiger partial charge >= 0.3 is 0 Å². The molecule has 0 aliphatic heterocycles. The van der Waals surface area contributed by atoms with E-state index < -0.39 is 0 Å². The molecule has 1 N–H and O–H groups in total. The zero-order chi connectivity index (χ0) is 23.6. The maximum atomic E-state index is 12.5. The summed E-state index contributed by atoms with van der Waals surface area (Å²) in [5.74, 6) is 0.598. The molecule has 0 unspecified atom stereocenters. The van der Waals surface area contributed by atoms with Crippen LogP contribution in [0, 0.1) is 0 Å². The minimum Gasteiger partial charge on any atom is -0.311 e. The normalized spacial score (nSPS) is 11.0. The number of aromatic nitrogens is 2. The molecular weight excluding hydrogens is 450 g/mol. The molecule has 2 heterocycles. The highest BCUT2D eigenvalue weighted by atomic mass is 32.1. The van der Waals surface area contributed by atoms with E-state index in [4.69, 9.17) is 0 Å². The molecule has 6 aromatic rings. The summed E-state index contributed by atoms with van der Waals surface area (Å²) < 4.78 is 0. The number of rotatable bonds is 5. The van der Waals surface area contributed by atoms with Crippen LogP contribution in [0.25, 0.3) is 32.0 Å². The van der Waals surface area contributed by atoms with Gasteiger partial charge < -0.3 is 9.88 Å².